The number of nitrogens with one attached hydrogen (secondary N) is 1. The molecule has 0 radical (unpaired) electrons. The molecule has 0 bridgehead atoms. The monoisotopic (exact) mass is 421 g/mol. The van der Waals surface area contributed by atoms with E-state index in [0.29, 0.717) is 36.8 Å². The lowest BCUT2D eigenvalue weighted by Crippen LogP contribution is -2.06. The zero-order valence-corrected chi connectivity index (χ0v) is 17.7. The lowest BCUT2D eigenvalue weighted by molar-refractivity contribution is 0.0976. The van der Waals surface area contributed by atoms with Gasteiger partial charge >= 0.3 is 0 Å². The molecule has 0 saturated heterocycles. The molecule has 0 unspecified atom stereocenters. The lowest BCUT2D eigenvalue weighted by atomic mass is 10.0. The van der Waals surface area contributed by atoms with Crippen LogP contribution in [0.3, 0.4) is 0 Å². The van der Waals surface area contributed by atoms with Crippen LogP contribution in [0.1, 0.15) is 36.0 Å². The van der Waals surface area contributed by atoms with Gasteiger partial charge in [-0.3, -0.25) is 9.20 Å². The van der Waals surface area contributed by atoms with Gasteiger partial charge in [0.05, 0.1) is 30.1 Å². The Labute approximate surface area is 186 Å². The fourth-order valence-electron chi connectivity index (χ4n) is 3.83. The molecule has 2 aromatic carbocycles. The summed E-state index contributed by atoms with van der Waals surface area (Å²) in [6.07, 6.45) is 7.19. The molecule has 2 heterocycles. The molecule has 5 rings (SSSR count). The van der Waals surface area contributed by atoms with Crippen molar-refractivity contribution >= 4 is 17.2 Å². The number of ketones is 1. The summed E-state index contributed by atoms with van der Waals surface area (Å²) in [5, 5.41) is 12.2. The van der Waals surface area contributed by atoms with Crippen LogP contribution < -0.4 is 5.32 Å². The maximum atomic E-state index is 12.4. The van der Waals surface area contributed by atoms with Crippen LogP contribution in [-0.2, 0) is 0 Å². The fourth-order valence-corrected chi connectivity index (χ4v) is 3.83. The molecule has 1 N–H and O–H groups in total. The number of aromatic nitrogens is 3. The van der Waals surface area contributed by atoms with Crippen molar-refractivity contribution in [2.24, 2.45) is 5.92 Å². The van der Waals surface area contributed by atoms with Gasteiger partial charge in [-0.05, 0) is 18.8 Å². The van der Waals surface area contributed by atoms with Crippen molar-refractivity contribution in [3.63, 3.8) is 0 Å². The second-order valence-electron chi connectivity index (χ2n) is 8.16. The fraction of sp³-hybridized carbons (Fsp3) is 0.231. The molecule has 2 aromatic heterocycles. The first-order chi connectivity index (χ1) is 15.7. The van der Waals surface area contributed by atoms with E-state index in [4.69, 9.17) is 10.2 Å². The third-order valence-electron chi connectivity index (χ3n) is 5.76. The van der Waals surface area contributed by atoms with E-state index in [-0.39, 0.29) is 5.78 Å². The number of imidazole rings is 1. The Morgan fingerprint density at radius 3 is 2.59 bits per heavy atom. The average molecular weight is 422 g/mol. The van der Waals surface area contributed by atoms with E-state index in [1.54, 1.807) is 0 Å². The van der Waals surface area contributed by atoms with Gasteiger partial charge < -0.3 is 5.32 Å². The van der Waals surface area contributed by atoms with Crippen LogP contribution in [0.4, 0.5) is 5.82 Å². The Morgan fingerprint density at radius 2 is 1.88 bits per heavy atom. The predicted octanol–water partition coefficient (Wildman–Crippen LogP) is 5.37. The van der Waals surface area contributed by atoms with E-state index in [0.717, 1.165) is 28.1 Å². The summed E-state index contributed by atoms with van der Waals surface area (Å²) in [4.78, 5) is 21.8. The van der Waals surface area contributed by atoms with Crippen molar-refractivity contribution in [1.82, 2.24) is 14.4 Å². The number of hydrogen-bond acceptors (Lipinski definition) is 5. The van der Waals surface area contributed by atoms with E-state index in [1.165, 1.54) is 12.8 Å². The Hall–Kier alpha value is -3.98. The predicted molar refractivity (Wildman–Crippen MR) is 124 cm³/mol. The summed E-state index contributed by atoms with van der Waals surface area (Å²) >= 11 is 0. The summed E-state index contributed by atoms with van der Waals surface area (Å²) in [6, 6.07) is 19.9. The molecule has 32 heavy (non-hydrogen) atoms. The minimum absolute atomic E-state index is 0.219. The van der Waals surface area contributed by atoms with Crippen LogP contribution in [-0.4, -0.2) is 26.7 Å². The first-order valence-corrected chi connectivity index (χ1v) is 10.9. The highest BCUT2D eigenvalue weighted by Gasteiger charge is 2.25. The molecule has 0 aliphatic heterocycles. The molecule has 0 atom stereocenters. The normalized spacial score (nSPS) is 13.1. The molecule has 1 fully saturated rings. The van der Waals surface area contributed by atoms with E-state index >= 15 is 0 Å². The zero-order chi connectivity index (χ0) is 21.9. The van der Waals surface area contributed by atoms with Crippen molar-refractivity contribution in [1.29, 1.82) is 5.26 Å². The Morgan fingerprint density at radius 1 is 1.09 bits per heavy atom. The first-order valence-electron chi connectivity index (χ1n) is 10.9. The van der Waals surface area contributed by atoms with Gasteiger partial charge in [0.1, 0.15) is 0 Å². The van der Waals surface area contributed by atoms with Crippen LogP contribution in [0.5, 0.6) is 0 Å². The van der Waals surface area contributed by atoms with Gasteiger partial charge in [-0.15, -0.1) is 0 Å². The van der Waals surface area contributed by atoms with E-state index in [2.05, 4.69) is 16.4 Å². The summed E-state index contributed by atoms with van der Waals surface area (Å²) < 4.78 is 2.02. The quantitative estimate of drug-likeness (QED) is 0.305. The molecule has 6 nitrogen and oxygen atoms in total. The Bertz CT molecular complexity index is 1300. The SMILES string of the molecule is N#CCCNc1nc(-c2ccccc2)cn2c(-c3ccc(C(=O)CC4CC4)cc3)cnc12. The molecule has 158 valence electrons. The summed E-state index contributed by atoms with van der Waals surface area (Å²) in [6.45, 7) is 0.497. The smallest absolute Gasteiger partial charge is 0.180 e. The molecule has 4 aromatic rings. The minimum Gasteiger partial charge on any atom is -0.366 e. The van der Waals surface area contributed by atoms with Gasteiger partial charge in [0.25, 0.3) is 0 Å². The van der Waals surface area contributed by atoms with Crippen molar-refractivity contribution in [3.8, 4) is 28.6 Å². The van der Waals surface area contributed by atoms with Crippen molar-refractivity contribution in [2.45, 2.75) is 25.7 Å². The van der Waals surface area contributed by atoms with E-state index in [1.807, 2.05) is 71.4 Å². The second kappa shape index (κ2) is 8.64. The summed E-state index contributed by atoms with van der Waals surface area (Å²) in [7, 11) is 0. The van der Waals surface area contributed by atoms with Crippen LogP contribution in [0.25, 0.3) is 28.2 Å². The van der Waals surface area contributed by atoms with Crippen molar-refractivity contribution in [3.05, 3.63) is 72.6 Å². The van der Waals surface area contributed by atoms with Gasteiger partial charge in [-0.25, -0.2) is 9.97 Å². The van der Waals surface area contributed by atoms with E-state index < -0.39 is 0 Å². The number of carbonyl (C=O) groups is 1. The standard InChI is InChI=1S/C26H23N5O/c27-13-4-14-28-25-26-29-16-23(31(26)17-22(30-25)19-5-2-1-3-6-19)20-9-11-21(12-10-20)24(32)15-18-7-8-18/h1-3,5-6,9-12,16-18H,4,7-8,14-15H2,(H,28,30). The molecule has 0 amide bonds. The summed E-state index contributed by atoms with van der Waals surface area (Å²) in [5.74, 6) is 1.44. The van der Waals surface area contributed by atoms with Gasteiger partial charge in [0.2, 0.25) is 0 Å². The van der Waals surface area contributed by atoms with Gasteiger partial charge in [0.15, 0.2) is 17.2 Å². The highest BCUT2D eigenvalue weighted by atomic mass is 16.1. The second-order valence-corrected chi connectivity index (χ2v) is 8.16. The van der Waals surface area contributed by atoms with Crippen LogP contribution >= 0.6 is 0 Å². The number of hydrogen-bond donors (Lipinski definition) is 1. The third-order valence-corrected chi connectivity index (χ3v) is 5.76. The summed E-state index contributed by atoms with van der Waals surface area (Å²) in [5.41, 5.74) is 5.18. The third kappa shape index (κ3) is 4.10. The first kappa shape index (κ1) is 20.0. The van der Waals surface area contributed by atoms with Crippen LogP contribution in [0.15, 0.2) is 67.0 Å². The largest absolute Gasteiger partial charge is 0.366 e. The molecule has 0 spiro atoms. The van der Waals surface area contributed by atoms with Crippen LogP contribution in [0.2, 0.25) is 0 Å². The highest BCUT2D eigenvalue weighted by Crippen LogP contribution is 2.34. The van der Waals surface area contributed by atoms with Gasteiger partial charge in [-0.2, -0.15) is 5.26 Å². The Balaban J connectivity index is 1.54. The number of nitrogens with zero attached hydrogens (tertiary/aromatic N) is 4. The van der Waals surface area contributed by atoms with Crippen molar-refractivity contribution < 1.29 is 4.79 Å². The number of carbonyl (C=O) groups excluding carboxylic acids is 1. The number of anilines is 1. The number of fused-ring (bicyclic) bond motifs is 1. The zero-order valence-electron chi connectivity index (χ0n) is 17.7. The molecular weight excluding hydrogens is 398 g/mol. The molecule has 1 saturated carbocycles. The topological polar surface area (TPSA) is 83.1 Å². The van der Waals surface area contributed by atoms with Crippen LogP contribution in [0, 0.1) is 17.2 Å². The molecular formula is C26H23N5O. The Kier molecular flexibility index (Phi) is 5.39. The van der Waals surface area contributed by atoms with Gasteiger partial charge in [0, 0.05) is 35.9 Å². The molecule has 1 aliphatic rings. The van der Waals surface area contributed by atoms with Gasteiger partial charge in [-0.1, -0.05) is 54.6 Å². The number of benzene rings is 2. The maximum absolute atomic E-state index is 12.4. The maximum Gasteiger partial charge on any atom is 0.180 e. The highest BCUT2D eigenvalue weighted by molar-refractivity contribution is 5.96. The number of Topliss-reactive ketones (excluding diaryl/α,β-unsaturated/α-hetero) is 1. The lowest BCUT2D eigenvalue weighted by Gasteiger charge is -2.11. The minimum atomic E-state index is 0.219. The number of nitriles is 1. The molecule has 1 aliphatic carbocycles. The molecule has 6 heteroatoms. The van der Waals surface area contributed by atoms with E-state index in [9.17, 15) is 4.79 Å². The average Bonchev–Trinajstić information content (AvgIpc) is 3.54. The number of rotatable bonds is 8. The van der Waals surface area contributed by atoms with Crippen molar-refractivity contribution in [2.75, 3.05) is 11.9 Å².